The van der Waals surface area contributed by atoms with E-state index in [0.717, 1.165) is 32.7 Å². The van der Waals surface area contributed by atoms with Gasteiger partial charge < -0.3 is 15.1 Å². The van der Waals surface area contributed by atoms with E-state index in [1.54, 1.807) is 0 Å². The minimum atomic E-state index is 0.284. The summed E-state index contributed by atoms with van der Waals surface area (Å²) in [5.74, 6) is 0.284. The summed E-state index contributed by atoms with van der Waals surface area (Å²) in [5, 5.41) is 3.28. The molecule has 104 valence electrons. The van der Waals surface area contributed by atoms with E-state index in [-0.39, 0.29) is 5.91 Å². The lowest BCUT2D eigenvalue weighted by Gasteiger charge is -2.37. The van der Waals surface area contributed by atoms with Crippen LogP contribution in [0.2, 0.25) is 0 Å². The fourth-order valence-corrected chi connectivity index (χ4v) is 2.86. The molecule has 1 N–H and O–H groups in total. The highest BCUT2D eigenvalue weighted by Gasteiger charge is 2.24. The van der Waals surface area contributed by atoms with Crippen LogP contribution in [0.5, 0.6) is 0 Å². The summed E-state index contributed by atoms with van der Waals surface area (Å²) >= 11 is 0. The average Bonchev–Trinajstić information content (AvgIpc) is 2.39. The summed E-state index contributed by atoms with van der Waals surface area (Å²) < 4.78 is 0. The van der Waals surface area contributed by atoms with Crippen molar-refractivity contribution >= 4 is 5.91 Å². The van der Waals surface area contributed by atoms with E-state index in [4.69, 9.17) is 0 Å². The lowest BCUT2D eigenvalue weighted by Crippen LogP contribution is -2.52. The van der Waals surface area contributed by atoms with Crippen LogP contribution >= 0.6 is 0 Å². The Morgan fingerprint density at radius 3 is 2.72 bits per heavy atom. The first-order valence-corrected chi connectivity index (χ1v) is 7.04. The molecule has 0 aromatic carbocycles. The maximum atomic E-state index is 12.2. The number of carbonyl (C=O) groups is 1. The summed E-state index contributed by atoms with van der Waals surface area (Å²) in [5.41, 5.74) is 0. The smallest absolute Gasteiger partial charge is 0.236 e. The number of amides is 1. The van der Waals surface area contributed by atoms with Gasteiger partial charge in [0.05, 0.1) is 6.54 Å². The standard InChI is InChI=1S/C13H26N4O/c1-15-7-3-4-12(10-15)16(2)11-13(18)17-8-5-14-6-9-17/h12,14H,3-11H2,1-2H3. The molecule has 5 heteroatoms. The van der Waals surface area contributed by atoms with Gasteiger partial charge in [-0.25, -0.2) is 0 Å². The maximum absolute atomic E-state index is 12.2. The Bertz CT molecular complexity index is 278. The molecule has 0 spiro atoms. The molecule has 2 heterocycles. The third kappa shape index (κ3) is 3.67. The van der Waals surface area contributed by atoms with Crippen molar-refractivity contribution in [1.82, 2.24) is 20.0 Å². The van der Waals surface area contributed by atoms with E-state index in [9.17, 15) is 4.79 Å². The van der Waals surface area contributed by atoms with E-state index >= 15 is 0 Å². The molecule has 18 heavy (non-hydrogen) atoms. The first-order chi connectivity index (χ1) is 8.66. The van der Waals surface area contributed by atoms with Crippen molar-refractivity contribution < 1.29 is 4.79 Å². The van der Waals surface area contributed by atoms with E-state index in [1.807, 2.05) is 4.90 Å². The Balaban J connectivity index is 1.78. The molecule has 0 saturated carbocycles. The lowest BCUT2D eigenvalue weighted by molar-refractivity contribution is -0.133. The van der Waals surface area contributed by atoms with E-state index in [1.165, 1.54) is 19.4 Å². The van der Waals surface area contributed by atoms with Gasteiger partial charge in [-0.1, -0.05) is 0 Å². The van der Waals surface area contributed by atoms with Crippen LogP contribution in [0.1, 0.15) is 12.8 Å². The van der Waals surface area contributed by atoms with E-state index < -0.39 is 0 Å². The van der Waals surface area contributed by atoms with Gasteiger partial charge in [0.2, 0.25) is 5.91 Å². The third-order valence-electron chi connectivity index (χ3n) is 4.08. The number of carbonyl (C=O) groups excluding carboxylic acids is 1. The summed E-state index contributed by atoms with van der Waals surface area (Å²) in [4.78, 5) is 18.8. The topological polar surface area (TPSA) is 38.8 Å². The number of hydrogen-bond acceptors (Lipinski definition) is 4. The molecule has 1 unspecified atom stereocenters. The molecule has 2 fully saturated rings. The van der Waals surface area contributed by atoms with Crippen LogP contribution in [-0.2, 0) is 4.79 Å². The SMILES string of the molecule is CN1CCCC(N(C)CC(=O)N2CCNCC2)C1. The van der Waals surface area contributed by atoms with Crippen LogP contribution in [0.3, 0.4) is 0 Å². The molecule has 0 aromatic heterocycles. The lowest BCUT2D eigenvalue weighted by atomic mass is 10.1. The fraction of sp³-hybridized carbons (Fsp3) is 0.923. The second kappa shape index (κ2) is 6.50. The average molecular weight is 254 g/mol. The third-order valence-corrected chi connectivity index (χ3v) is 4.08. The molecule has 2 saturated heterocycles. The molecule has 0 bridgehead atoms. The first kappa shape index (κ1) is 13.8. The van der Waals surface area contributed by atoms with Crippen LogP contribution in [0.25, 0.3) is 0 Å². The number of likely N-dealkylation sites (N-methyl/N-ethyl adjacent to an activating group) is 2. The number of piperazine rings is 1. The van der Waals surface area contributed by atoms with E-state index in [2.05, 4.69) is 29.2 Å². The molecule has 0 radical (unpaired) electrons. The van der Waals surface area contributed by atoms with Crippen LogP contribution in [-0.4, -0.2) is 86.6 Å². The Kier molecular flexibility index (Phi) is 4.97. The number of hydrogen-bond donors (Lipinski definition) is 1. The van der Waals surface area contributed by atoms with Gasteiger partial charge in [-0.2, -0.15) is 0 Å². The molecule has 1 amide bonds. The molecule has 2 aliphatic rings. The Morgan fingerprint density at radius 2 is 2.06 bits per heavy atom. The number of likely N-dealkylation sites (tertiary alicyclic amines) is 1. The van der Waals surface area contributed by atoms with Crippen molar-refractivity contribution in [3.05, 3.63) is 0 Å². The van der Waals surface area contributed by atoms with Gasteiger partial charge in [0.1, 0.15) is 0 Å². The van der Waals surface area contributed by atoms with Gasteiger partial charge >= 0.3 is 0 Å². The second-order valence-corrected chi connectivity index (χ2v) is 5.60. The monoisotopic (exact) mass is 254 g/mol. The summed E-state index contributed by atoms with van der Waals surface area (Å²) in [6.07, 6.45) is 2.46. The highest BCUT2D eigenvalue weighted by Crippen LogP contribution is 2.13. The molecule has 5 nitrogen and oxygen atoms in total. The largest absolute Gasteiger partial charge is 0.339 e. The number of nitrogens with one attached hydrogen (secondary N) is 1. The van der Waals surface area contributed by atoms with Crippen molar-refractivity contribution in [1.29, 1.82) is 0 Å². The minimum Gasteiger partial charge on any atom is -0.339 e. The molecule has 1 atom stereocenters. The normalized spacial score (nSPS) is 26.6. The van der Waals surface area contributed by atoms with Crippen LogP contribution in [0.15, 0.2) is 0 Å². The molecule has 0 aliphatic carbocycles. The predicted octanol–water partition coefficient (Wildman–Crippen LogP) is -0.556. The zero-order chi connectivity index (χ0) is 13.0. The molecule has 2 rings (SSSR count). The molecular formula is C13H26N4O. The maximum Gasteiger partial charge on any atom is 0.236 e. The number of piperidine rings is 1. The highest BCUT2D eigenvalue weighted by molar-refractivity contribution is 5.78. The number of rotatable bonds is 3. The Morgan fingerprint density at radius 1 is 1.33 bits per heavy atom. The van der Waals surface area contributed by atoms with Crippen molar-refractivity contribution in [3.8, 4) is 0 Å². The number of nitrogens with zero attached hydrogens (tertiary/aromatic N) is 3. The second-order valence-electron chi connectivity index (χ2n) is 5.60. The molecular weight excluding hydrogens is 228 g/mol. The summed E-state index contributed by atoms with van der Waals surface area (Å²) in [6.45, 7) is 6.43. The zero-order valence-electron chi connectivity index (χ0n) is 11.7. The predicted molar refractivity (Wildman–Crippen MR) is 72.6 cm³/mol. The van der Waals surface area contributed by atoms with Gasteiger partial charge in [0.15, 0.2) is 0 Å². The minimum absolute atomic E-state index is 0.284. The summed E-state index contributed by atoms with van der Waals surface area (Å²) in [7, 11) is 4.25. The quantitative estimate of drug-likeness (QED) is 0.733. The van der Waals surface area contributed by atoms with Crippen molar-refractivity contribution in [3.63, 3.8) is 0 Å². The van der Waals surface area contributed by atoms with Gasteiger partial charge in [-0.3, -0.25) is 9.69 Å². The van der Waals surface area contributed by atoms with Crippen molar-refractivity contribution in [2.45, 2.75) is 18.9 Å². The molecule has 0 aromatic rings. The fourth-order valence-electron chi connectivity index (χ4n) is 2.86. The highest BCUT2D eigenvalue weighted by atomic mass is 16.2. The van der Waals surface area contributed by atoms with E-state index in [0.29, 0.717) is 12.6 Å². The van der Waals surface area contributed by atoms with Crippen molar-refractivity contribution in [2.75, 3.05) is 59.9 Å². The first-order valence-electron chi connectivity index (χ1n) is 7.04. The Labute approximate surface area is 110 Å². The van der Waals surface area contributed by atoms with Gasteiger partial charge in [0, 0.05) is 38.8 Å². The Hall–Kier alpha value is -0.650. The van der Waals surface area contributed by atoms with Gasteiger partial charge in [-0.15, -0.1) is 0 Å². The van der Waals surface area contributed by atoms with Crippen molar-refractivity contribution in [2.24, 2.45) is 0 Å². The van der Waals surface area contributed by atoms with Crippen LogP contribution < -0.4 is 5.32 Å². The van der Waals surface area contributed by atoms with Crippen LogP contribution in [0, 0.1) is 0 Å². The zero-order valence-corrected chi connectivity index (χ0v) is 11.7. The van der Waals surface area contributed by atoms with Crippen LogP contribution in [0.4, 0.5) is 0 Å². The van der Waals surface area contributed by atoms with Gasteiger partial charge in [0.25, 0.3) is 0 Å². The van der Waals surface area contributed by atoms with Gasteiger partial charge in [-0.05, 0) is 33.5 Å². The molecule has 2 aliphatic heterocycles. The summed E-state index contributed by atoms with van der Waals surface area (Å²) in [6, 6.07) is 0.538.